The molecule has 1 atom stereocenters. The largest absolute Gasteiger partial charge is 0.473 e. The number of pyridine rings is 1. The molecular formula is C18H21ClFN3O2. The minimum absolute atomic E-state index is 0. The van der Waals surface area contributed by atoms with Crippen molar-refractivity contribution < 1.29 is 13.9 Å². The van der Waals surface area contributed by atoms with Gasteiger partial charge in [-0.05, 0) is 18.6 Å². The number of benzene rings is 1. The van der Waals surface area contributed by atoms with Gasteiger partial charge < -0.3 is 15.8 Å². The monoisotopic (exact) mass is 365 g/mol. The third-order valence-electron chi connectivity index (χ3n) is 3.47. The summed E-state index contributed by atoms with van der Waals surface area (Å²) in [5, 5.41) is 2.91. The van der Waals surface area contributed by atoms with Crippen molar-refractivity contribution in [1.29, 1.82) is 0 Å². The number of halogens is 2. The Balaban J connectivity index is 0.00000312. The van der Waals surface area contributed by atoms with Crippen molar-refractivity contribution >= 4 is 18.3 Å². The summed E-state index contributed by atoms with van der Waals surface area (Å²) in [6.45, 7) is 2.01. The van der Waals surface area contributed by atoms with Crippen molar-refractivity contribution in [3.63, 3.8) is 0 Å². The Kier molecular flexibility index (Phi) is 8.60. The number of hydrogen-bond donors (Lipinski definition) is 2. The highest BCUT2D eigenvalue weighted by Crippen LogP contribution is 2.13. The molecule has 3 N–H and O–H groups in total. The standard InChI is InChI=1S/C18H20FN3O2.ClH/c1-13(15-5-3-2-4-6-15)22-18(23)16-7-8-17(21-11-16)24-12-14(9-19)10-20;/h2-9,11,13H,10,12,20H2,1H3,(H,22,23);1H/b14-9-;/t13-;/m0./s1. The molecule has 0 aliphatic carbocycles. The highest BCUT2D eigenvalue weighted by atomic mass is 35.5. The van der Waals surface area contributed by atoms with E-state index in [0.29, 0.717) is 23.3 Å². The quantitative estimate of drug-likeness (QED) is 0.790. The van der Waals surface area contributed by atoms with Crippen LogP contribution in [0.25, 0.3) is 0 Å². The lowest BCUT2D eigenvalue weighted by Gasteiger charge is -2.14. The van der Waals surface area contributed by atoms with Gasteiger partial charge in [-0.15, -0.1) is 12.4 Å². The number of ether oxygens (including phenoxy) is 1. The predicted molar refractivity (Wildman–Crippen MR) is 97.5 cm³/mol. The zero-order chi connectivity index (χ0) is 17.4. The smallest absolute Gasteiger partial charge is 0.253 e. The second-order valence-electron chi connectivity index (χ2n) is 5.25. The summed E-state index contributed by atoms with van der Waals surface area (Å²) in [5.41, 5.74) is 7.11. The molecule has 7 heteroatoms. The van der Waals surface area contributed by atoms with Gasteiger partial charge in [0.1, 0.15) is 6.61 Å². The molecule has 2 aromatic rings. The van der Waals surface area contributed by atoms with Crippen LogP contribution in [-0.4, -0.2) is 24.0 Å². The fourth-order valence-electron chi connectivity index (χ4n) is 2.01. The summed E-state index contributed by atoms with van der Waals surface area (Å²) >= 11 is 0. The molecule has 0 bridgehead atoms. The first-order valence-corrected chi connectivity index (χ1v) is 7.57. The van der Waals surface area contributed by atoms with Crippen LogP contribution in [-0.2, 0) is 0 Å². The highest BCUT2D eigenvalue weighted by molar-refractivity contribution is 5.94. The van der Waals surface area contributed by atoms with Crippen LogP contribution in [0.4, 0.5) is 4.39 Å². The van der Waals surface area contributed by atoms with E-state index in [2.05, 4.69) is 10.3 Å². The average molecular weight is 366 g/mol. The van der Waals surface area contributed by atoms with Crippen LogP contribution < -0.4 is 15.8 Å². The Hall–Kier alpha value is -2.44. The molecule has 5 nitrogen and oxygen atoms in total. The summed E-state index contributed by atoms with van der Waals surface area (Å²) in [6.07, 6.45) is 1.84. The molecule has 0 fully saturated rings. The molecule has 0 aliphatic heterocycles. The van der Waals surface area contributed by atoms with E-state index in [9.17, 15) is 9.18 Å². The number of nitrogens with two attached hydrogens (primary N) is 1. The van der Waals surface area contributed by atoms with Crippen molar-refractivity contribution in [3.8, 4) is 5.88 Å². The summed E-state index contributed by atoms with van der Waals surface area (Å²) in [5.74, 6) is 0.0761. The van der Waals surface area contributed by atoms with Crippen LogP contribution in [0.5, 0.6) is 5.88 Å². The second kappa shape index (κ2) is 10.4. The number of amides is 1. The lowest BCUT2D eigenvalue weighted by Crippen LogP contribution is -2.26. The Morgan fingerprint density at radius 2 is 2.04 bits per heavy atom. The second-order valence-corrected chi connectivity index (χ2v) is 5.25. The molecule has 134 valence electrons. The number of aromatic nitrogens is 1. The number of nitrogens with one attached hydrogen (secondary N) is 1. The summed E-state index contributed by atoms with van der Waals surface area (Å²) in [4.78, 5) is 16.3. The van der Waals surface area contributed by atoms with E-state index >= 15 is 0 Å². The maximum Gasteiger partial charge on any atom is 0.253 e. The molecule has 0 aliphatic rings. The molecule has 1 aromatic carbocycles. The van der Waals surface area contributed by atoms with E-state index in [1.807, 2.05) is 37.3 Å². The predicted octanol–water partition coefficient (Wildman–Crippen LogP) is 3.19. The van der Waals surface area contributed by atoms with E-state index in [1.165, 1.54) is 6.20 Å². The van der Waals surface area contributed by atoms with E-state index in [0.717, 1.165) is 5.56 Å². The van der Waals surface area contributed by atoms with Gasteiger partial charge >= 0.3 is 0 Å². The van der Waals surface area contributed by atoms with Gasteiger partial charge in [-0.1, -0.05) is 30.3 Å². The van der Waals surface area contributed by atoms with Gasteiger partial charge in [-0.25, -0.2) is 9.37 Å². The number of carbonyl (C=O) groups excluding carboxylic acids is 1. The van der Waals surface area contributed by atoms with Crippen LogP contribution in [0.1, 0.15) is 28.9 Å². The van der Waals surface area contributed by atoms with Crippen LogP contribution in [0, 0.1) is 0 Å². The normalized spacial score (nSPS) is 12.0. The first kappa shape index (κ1) is 20.6. The fourth-order valence-corrected chi connectivity index (χ4v) is 2.01. The average Bonchev–Trinajstić information content (AvgIpc) is 2.63. The van der Waals surface area contributed by atoms with Crippen LogP contribution >= 0.6 is 12.4 Å². The van der Waals surface area contributed by atoms with E-state index in [1.54, 1.807) is 12.1 Å². The molecule has 0 saturated heterocycles. The SMILES string of the molecule is C[C@H](NC(=O)c1ccc(OC/C(=C\F)CN)nc1)c1ccccc1.Cl. The Labute approximate surface area is 152 Å². The molecule has 0 unspecified atom stereocenters. The van der Waals surface area contributed by atoms with Crippen molar-refractivity contribution in [2.75, 3.05) is 13.2 Å². The lowest BCUT2D eigenvalue weighted by atomic mass is 10.1. The third kappa shape index (κ3) is 6.17. The first-order chi connectivity index (χ1) is 11.6. The van der Waals surface area contributed by atoms with Crippen LogP contribution in [0.2, 0.25) is 0 Å². The fraction of sp³-hybridized carbons (Fsp3) is 0.222. The van der Waals surface area contributed by atoms with Crippen LogP contribution in [0.15, 0.2) is 60.6 Å². The Morgan fingerprint density at radius 1 is 1.32 bits per heavy atom. The van der Waals surface area contributed by atoms with E-state index in [4.69, 9.17) is 10.5 Å². The lowest BCUT2D eigenvalue weighted by molar-refractivity contribution is 0.0939. The molecule has 0 saturated carbocycles. The van der Waals surface area contributed by atoms with Gasteiger partial charge in [-0.2, -0.15) is 0 Å². The minimum atomic E-state index is -0.225. The zero-order valence-corrected chi connectivity index (χ0v) is 14.6. The third-order valence-corrected chi connectivity index (χ3v) is 3.47. The van der Waals surface area contributed by atoms with Gasteiger partial charge in [0.15, 0.2) is 0 Å². The number of rotatable bonds is 7. The topological polar surface area (TPSA) is 77.2 Å². The maximum atomic E-state index is 12.4. The highest BCUT2D eigenvalue weighted by Gasteiger charge is 2.11. The van der Waals surface area contributed by atoms with Gasteiger partial charge in [0.2, 0.25) is 5.88 Å². The van der Waals surface area contributed by atoms with Gasteiger partial charge in [-0.3, -0.25) is 4.79 Å². The van der Waals surface area contributed by atoms with Gasteiger partial charge in [0.25, 0.3) is 5.91 Å². The molecule has 2 rings (SSSR count). The molecular weight excluding hydrogens is 345 g/mol. The summed E-state index contributed by atoms with van der Waals surface area (Å²) in [7, 11) is 0. The number of carbonyl (C=O) groups is 1. The van der Waals surface area contributed by atoms with Gasteiger partial charge in [0.05, 0.1) is 17.9 Å². The summed E-state index contributed by atoms with van der Waals surface area (Å²) in [6, 6.07) is 12.7. The molecule has 0 spiro atoms. The van der Waals surface area contributed by atoms with Crippen molar-refractivity contribution in [2.45, 2.75) is 13.0 Å². The van der Waals surface area contributed by atoms with Crippen LogP contribution in [0.3, 0.4) is 0 Å². The zero-order valence-electron chi connectivity index (χ0n) is 13.8. The van der Waals surface area contributed by atoms with Crippen molar-refractivity contribution in [2.24, 2.45) is 5.73 Å². The minimum Gasteiger partial charge on any atom is -0.473 e. The van der Waals surface area contributed by atoms with Crippen molar-refractivity contribution in [3.05, 3.63) is 71.7 Å². The Bertz CT molecular complexity index is 693. The van der Waals surface area contributed by atoms with E-state index < -0.39 is 0 Å². The first-order valence-electron chi connectivity index (χ1n) is 7.57. The van der Waals surface area contributed by atoms with Crippen molar-refractivity contribution in [1.82, 2.24) is 10.3 Å². The molecule has 1 amide bonds. The molecule has 25 heavy (non-hydrogen) atoms. The Morgan fingerprint density at radius 3 is 2.60 bits per heavy atom. The van der Waals surface area contributed by atoms with E-state index in [-0.39, 0.29) is 37.5 Å². The summed E-state index contributed by atoms with van der Waals surface area (Å²) < 4.78 is 17.7. The molecule has 0 radical (unpaired) electrons. The molecule has 1 aromatic heterocycles. The number of hydrogen-bond acceptors (Lipinski definition) is 4. The van der Waals surface area contributed by atoms with Gasteiger partial charge in [0, 0.05) is 24.4 Å². The molecule has 1 heterocycles. The number of nitrogens with zero attached hydrogens (tertiary/aromatic N) is 1. The maximum absolute atomic E-state index is 12.4.